The van der Waals surface area contributed by atoms with Crippen molar-refractivity contribution >= 4 is 5.91 Å². The molecule has 0 spiro atoms. The Bertz CT molecular complexity index is 228. The van der Waals surface area contributed by atoms with Crippen LogP contribution in [0.4, 0.5) is 0 Å². The van der Waals surface area contributed by atoms with Crippen LogP contribution in [-0.2, 0) is 4.79 Å². The van der Waals surface area contributed by atoms with Gasteiger partial charge in [0.25, 0.3) is 0 Å². The maximum Gasteiger partial charge on any atom is 0.236 e. The van der Waals surface area contributed by atoms with Crippen molar-refractivity contribution in [3.05, 3.63) is 0 Å². The molecule has 2 saturated heterocycles. The number of carbonyl (C=O) groups excluding carboxylic acids is 1. The molecule has 0 aromatic carbocycles. The first kappa shape index (κ1) is 10.9. The van der Waals surface area contributed by atoms with Gasteiger partial charge < -0.3 is 4.90 Å². The SMILES string of the molecule is CC(C)C1CN(C(=O)CN2CCCC2)C1. The normalized spacial score (nSPS) is 23.5. The van der Waals surface area contributed by atoms with Gasteiger partial charge in [0.1, 0.15) is 0 Å². The average Bonchev–Trinajstić information content (AvgIpc) is 2.52. The Labute approximate surface area is 92.4 Å². The van der Waals surface area contributed by atoms with Crippen molar-refractivity contribution in [2.45, 2.75) is 26.7 Å². The van der Waals surface area contributed by atoms with E-state index in [-0.39, 0.29) is 0 Å². The molecular formula is C12H22N2O. The molecule has 86 valence electrons. The zero-order chi connectivity index (χ0) is 10.8. The van der Waals surface area contributed by atoms with E-state index in [1.165, 1.54) is 12.8 Å². The molecule has 2 aliphatic heterocycles. The van der Waals surface area contributed by atoms with Gasteiger partial charge in [-0.1, -0.05) is 13.8 Å². The number of hydrogen-bond acceptors (Lipinski definition) is 2. The van der Waals surface area contributed by atoms with Crippen LogP contribution in [0, 0.1) is 11.8 Å². The summed E-state index contributed by atoms with van der Waals surface area (Å²) in [5.74, 6) is 1.81. The third kappa shape index (κ3) is 2.51. The topological polar surface area (TPSA) is 23.6 Å². The van der Waals surface area contributed by atoms with Gasteiger partial charge in [-0.25, -0.2) is 0 Å². The van der Waals surface area contributed by atoms with E-state index in [9.17, 15) is 4.79 Å². The van der Waals surface area contributed by atoms with E-state index < -0.39 is 0 Å². The van der Waals surface area contributed by atoms with Crippen LogP contribution in [0.1, 0.15) is 26.7 Å². The first-order valence-electron chi connectivity index (χ1n) is 6.17. The van der Waals surface area contributed by atoms with Crippen molar-refractivity contribution in [2.24, 2.45) is 11.8 Å². The fourth-order valence-electron chi connectivity index (χ4n) is 2.37. The van der Waals surface area contributed by atoms with Gasteiger partial charge in [0.2, 0.25) is 5.91 Å². The summed E-state index contributed by atoms with van der Waals surface area (Å²) in [6.07, 6.45) is 2.53. The lowest BCUT2D eigenvalue weighted by molar-refractivity contribution is -0.139. The molecule has 0 aromatic rings. The molecule has 0 radical (unpaired) electrons. The van der Waals surface area contributed by atoms with Crippen molar-refractivity contribution in [3.63, 3.8) is 0 Å². The van der Waals surface area contributed by atoms with Crippen LogP contribution in [0.5, 0.6) is 0 Å². The zero-order valence-corrected chi connectivity index (χ0v) is 9.91. The number of amides is 1. The third-order valence-corrected chi connectivity index (χ3v) is 3.76. The van der Waals surface area contributed by atoms with Crippen LogP contribution < -0.4 is 0 Å². The Kier molecular flexibility index (Phi) is 3.29. The van der Waals surface area contributed by atoms with Crippen LogP contribution in [0.2, 0.25) is 0 Å². The summed E-state index contributed by atoms with van der Waals surface area (Å²) in [6, 6.07) is 0. The monoisotopic (exact) mass is 210 g/mol. The lowest BCUT2D eigenvalue weighted by Crippen LogP contribution is -2.54. The summed E-state index contributed by atoms with van der Waals surface area (Å²) in [4.78, 5) is 16.1. The first-order chi connectivity index (χ1) is 7.16. The molecule has 1 amide bonds. The molecule has 2 heterocycles. The van der Waals surface area contributed by atoms with Crippen LogP contribution in [0.25, 0.3) is 0 Å². The van der Waals surface area contributed by atoms with Gasteiger partial charge in [-0.2, -0.15) is 0 Å². The van der Waals surface area contributed by atoms with Crippen molar-refractivity contribution < 1.29 is 4.79 Å². The van der Waals surface area contributed by atoms with Gasteiger partial charge in [-0.15, -0.1) is 0 Å². The molecule has 0 atom stereocenters. The summed E-state index contributed by atoms with van der Waals surface area (Å²) in [7, 11) is 0. The minimum absolute atomic E-state index is 0.341. The predicted molar refractivity (Wildman–Crippen MR) is 60.6 cm³/mol. The molecule has 2 rings (SSSR count). The Hall–Kier alpha value is -0.570. The van der Waals surface area contributed by atoms with Crippen LogP contribution in [-0.4, -0.2) is 48.4 Å². The van der Waals surface area contributed by atoms with E-state index in [0.29, 0.717) is 12.5 Å². The molecule has 0 unspecified atom stereocenters. The molecule has 2 aliphatic rings. The molecular weight excluding hydrogens is 188 g/mol. The number of nitrogens with zero attached hydrogens (tertiary/aromatic N) is 2. The molecule has 0 saturated carbocycles. The van der Waals surface area contributed by atoms with Gasteiger partial charge in [0.15, 0.2) is 0 Å². The highest BCUT2D eigenvalue weighted by Gasteiger charge is 2.32. The van der Waals surface area contributed by atoms with Crippen LogP contribution in [0.3, 0.4) is 0 Å². The quantitative estimate of drug-likeness (QED) is 0.699. The highest BCUT2D eigenvalue weighted by Crippen LogP contribution is 2.23. The zero-order valence-electron chi connectivity index (χ0n) is 9.91. The lowest BCUT2D eigenvalue weighted by Gasteiger charge is -2.42. The van der Waals surface area contributed by atoms with Crippen molar-refractivity contribution in [1.82, 2.24) is 9.80 Å². The van der Waals surface area contributed by atoms with Crippen molar-refractivity contribution in [3.8, 4) is 0 Å². The molecule has 15 heavy (non-hydrogen) atoms. The lowest BCUT2D eigenvalue weighted by atomic mass is 9.88. The van der Waals surface area contributed by atoms with Crippen molar-refractivity contribution in [1.29, 1.82) is 0 Å². The summed E-state index contributed by atoms with van der Waals surface area (Å²) in [5.41, 5.74) is 0. The fraction of sp³-hybridized carbons (Fsp3) is 0.917. The number of hydrogen-bond donors (Lipinski definition) is 0. The summed E-state index contributed by atoms with van der Waals surface area (Å²) >= 11 is 0. The summed E-state index contributed by atoms with van der Waals surface area (Å²) < 4.78 is 0. The van der Waals surface area contributed by atoms with E-state index in [1.807, 2.05) is 4.90 Å². The maximum absolute atomic E-state index is 11.8. The largest absolute Gasteiger partial charge is 0.341 e. The molecule has 2 fully saturated rings. The second-order valence-electron chi connectivity index (χ2n) is 5.29. The number of likely N-dealkylation sites (tertiary alicyclic amines) is 2. The van der Waals surface area contributed by atoms with Gasteiger partial charge in [0.05, 0.1) is 6.54 Å². The standard InChI is InChI=1S/C12H22N2O/c1-10(2)11-7-14(8-11)12(15)9-13-5-3-4-6-13/h10-11H,3-9H2,1-2H3. The van der Waals surface area contributed by atoms with E-state index in [4.69, 9.17) is 0 Å². The average molecular weight is 210 g/mol. The van der Waals surface area contributed by atoms with Crippen LogP contribution >= 0.6 is 0 Å². The molecule has 3 nitrogen and oxygen atoms in total. The number of carbonyl (C=O) groups is 1. The van der Waals surface area contributed by atoms with Gasteiger partial charge in [-0.05, 0) is 37.8 Å². The highest BCUT2D eigenvalue weighted by molar-refractivity contribution is 5.79. The summed E-state index contributed by atoms with van der Waals surface area (Å²) in [6.45, 7) is 9.36. The van der Waals surface area contributed by atoms with E-state index >= 15 is 0 Å². The minimum Gasteiger partial charge on any atom is -0.341 e. The van der Waals surface area contributed by atoms with Gasteiger partial charge in [-0.3, -0.25) is 9.69 Å². The Morgan fingerprint density at radius 2 is 1.87 bits per heavy atom. The Morgan fingerprint density at radius 1 is 1.27 bits per heavy atom. The van der Waals surface area contributed by atoms with Crippen molar-refractivity contribution in [2.75, 3.05) is 32.7 Å². The highest BCUT2D eigenvalue weighted by atomic mass is 16.2. The van der Waals surface area contributed by atoms with E-state index in [1.54, 1.807) is 0 Å². The second kappa shape index (κ2) is 4.52. The molecule has 0 bridgehead atoms. The molecule has 0 N–H and O–H groups in total. The number of rotatable bonds is 3. The summed E-state index contributed by atoms with van der Waals surface area (Å²) in [5, 5.41) is 0. The van der Waals surface area contributed by atoms with Gasteiger partial charge >= 0.3 is 0 Å². The Balaban J connectivity index is 1.69. The third-order valence-electron chi connectivity index (χ3n) is 3.76. The predicted octanol–water partition coefficient (Wildman–Crippen LogP) is 1.20. The molecule has 3 heteroatoms. The minimum atomic E-state index is 0.341. The molecule has 0 aliphatic carbocycles. The van der Waals surface area contributed by atoms with E-state index in [2.05, 4.69) is 18.7 Å². The van der Waals surface area contributed by atoms with Crippen LogP contribution in [0.15, 0.2) is 0 Å². The maximum atomic E-state index is 11.8. The Morgan fingerprint density at radius 3 is 2.40 bits per heavy atom. The second-order valence-corrected chi connectivity index (χ2v) is 5.29. The molecule has 0 aromatic heterocycles. The van der Waals surface area contributed by atoms with E-state index in [0.717, 1.165) is 38.0 Å². The first-order valence-corrected chi connectivity index (χ1v) is 6.17. The van der Waals surface area contributed by atoms with Gasteiger partial charge in [0, 0.05) is 13.1 Å². The fourth-order valence-corrected chi connectivity index (χ4v) is 2.37. The smallest absolute Gasteiger partial charge is 0.236 e.